The van der Waals surface area contributed by atoms with E-state index in [1.54, 1.807) is 0 Å². The van der Waals surface area contributed by atoms with E-state index in [2.05, 4.69) is 76.2 Å². The van der Waals surface area contributed by atoms with Crippen LogP contribution >= 0.6 is 0 Å². The van der Waals surface area contributed by atoms with Gasteiger partial charge in [0.05, 0.1) is 11.0 Å². The minimum Gasteiger partial charge on any atom is -0.0622 e. The third-order valence-electron chi connectivity index (χ3n) is 11.9. The molecular formula is C54H44. The van der Waals surface area contributed by atoms with Crippen LogP contribution in [0.25, 0.3) is 87.6 Å². The zero-order valence-corrected chi connectivity index (χ0v) is 31.0. The third kappa shape index (κ3) is 5.04. The summed E-state index contributed by atoms with van der Waals surface area (Å²) in [5.74, 6) is 0. The molecule has 0 aromatic heterocycles. The smallest absolute Gasteiger partial charge is 0.0622 e. The summed E-state index contributed by atoms with van der Waals surface area (Å²) in [7, 11) is 0. The van der Waals surface area contributed by atoms with Gasteiger partial charge in [0.15, 0.2) is 0 Å². The average molecular weight is 701 g/mol. The quantitative estimate of drug-likeness (QED) is 0.160. The number of hydrogen-bond acceptors (Lipinski definition) is 0. The van der Waals surface area contributed by atoms with Crippen LogP contribution in [0.3, 0.4) is 0 Å². The first-order valence-corrected chi connectivity index (χ1v) is 18.8. The van der Waals surface area contributed by atoms with E-state index in [0.717, 1.165) is 73.3 Å². The number of rotatable bonds is 4. The lowest BCUT2D eigenvalue weighted by molar-refractivity contribution is 0.333. The number of benzene rings is 9. The van der Waals surface area contributed by atoms with Gasteiger partial charge in [-0.1, -0.05) is 191 Å². The molecule has 260 valence electrons. The summed E-state index contributed by atoms with van der Waals surface area (Å²) in [5, 5.41) is 4.82. The maximum absolute atomic E-state index is 9.85. The molecule has 0 atom stereocenters. The molecule has 9 aromatic carbocycles. The molecule has 1 aliphatic carbocycles. The first-order chi connectivity index (χ1) is 29.6. The number of hydrogen-bond donors (Lipinski definition) is 0. The van der Waals surface area contributed by atoms with Crippen LogP contribution in [0.15, 0.2) is 170 Å². The van der Waals surface area contributed by atoms with Crippen molar-refractivity contribution in [3.05, 3.63) is 181 Å². The molecule has 0 amide bonds. The summed E-state index contributed by atoms with van der Waals surface area (Å²) in [6.45, 7) is 8.90. The van der Waals surface area contributed by atoms with E-state index in [4.69, 9.17) is 2.74 Å². The van der Waals surface area contributed by atoms with E-state index < -0.39 is 29.6 Å². The van der Waals surface area contributed by atoms with Gasteiger partial charge < -0.3 is 0 Å². The van der Waals surface area contributed by atoms with Gasteiger partial charge in [0.2, 0.25) is 0 Å². The zero-order valence-electron chi connectivity index (χ0n) is 39.0. The largest absolute Gasteiger partial charge is 0.0629 e. The molecule has 0 unspecified atom stereocenters. The standard InChI is InChI=1S/C54H44/c1-53(2)32-33-54(3,4)52-48(53)31-30-40(36-17-6-5-7-18-36)51(52)50-46-22-12-10-20-44(46)49(45-21-11-13-23-47(45)50)43-27-15-25-41-39(24-14-26-42(41)43)38-29-28-35-16-8-9-19-37(35)34-38/h5-31,34H,32-33H2,1-4H3/i10D,11D,12D,13D,20D,21D,22D,23D. The van der Waals surface area contributed by atoms with Crippen molar-refractivity contribution in [2.45, 2.75) is 51.4 Å². The van der Waals surface area contributed by atoms with Crippen LogP contribution in [-0.2, 0) is 10.8 Å². The Morgan fingerprint density at radius 1 is 0.407 bits per heavy atom. The summed E-state index contributed by atoms with van der Waals surface area (Å²) in [6, 6.07) is 38.1. The Kier molecular flexibility index (Phi) is 5.71. The summed E-state index contributed by atoms with van der Waals surface area (Å²) in [5.41, 5.74) is 7.29. The Morgan fingerprint density at radius 3 is 1.67 bits per heavy atom. The lowest BCUT2D eigenvalue weighted by Crippen LogP contribution is -2.34. The molecule has 0 aliphatic heterocycles. The molecule has 0 saturated heterocycles. The van der Waals surface area contributed by atoms with Crippen LogP contribution in [0.1, 0.15) is 62.6 Å². The van der Waals surface area contributed by atoms with Crippen molar-refractivity contribution in [1.29, 1.82) is 0 Å². The highest BCUT2D eigenvalue weighted by atomic mass is 14.4. The Morgan fingerprint density at radius 2 is 0.981 bits per heavy atom. The minimum absolute atomic E-state index is 0.219. The average Bonchev–Trinajstić information content (AvgIpc) is 3.28. The van der Waals surface area contributed by atoms with Gasteiger partial charge in [-0.05, 0) is 128 Å². The normalized spacial score (nSPS) is 16.9. The van der Waals surface area contributed by atoms with Crippen LogP contribution in [-0.4, -0.2) is 0 Å². The van der Waals surface area contributed by atoms with E-state index in [-0.39, 0.29) is 51.1 Å². The van der Waals surface area contributed by atoms with E-state index in [9.17, 15) is 8.22 Å². The van der Waals surface area contributed by atoms with Crippen molar-refractivity contribution in [2.75, 3.05) is 0 Å². The molecule has 1 aliphatic rings. The van der Waals surface area contributed by atoms with Crippen LogP contribution in [0.4, 0.5) is 0 Å². The molecule has 0 heterocycles. The fourth-order valence-corrected chi connectivity index (χ4v) is 9.15. The highest BCUT2D eigenvalue weighted by Crippen LogP contribution is 2.55. The fraction of sp³-hybridized carbons (Fsp3) is 0.148. The maximum Gasteiger partial charge on any atom is 0.0629 e. The topological polar surface area (TPSA) is 0 Å². The molecule has 0 spiro atoms. The van der Waals surface area contributed by atoms with Crippen LogP contribution < -0.4 is 0 Å². The fourth-order valence-electron chi connectivity index (χ4n) is 9.15. The van der Waals surface area contributed by atoms with E-state index in [1.165, 1.54) is 0 Å². The van der Waals surface area contributed by atoms with Crippen LogP contribution in [0, 0.1) is 0 Å². The molecule has 0 heteroatoms. The van der Waals surface area contributed by atoms with Gasteiger partial charge in [-0.3, -0.25) is 0 Å². The first-order valence-electron chi connectivity index (χ1n) is 22.8. The minimum atomic E-state index is -0.410. The van der Waals surface area contributed by atoms with Gasteiger partial charge in [-0.2, -0.15) is 0 Å². The Bertz CT molecular complexity index is 3300. The first kappa shape index (κ1) is 25.1. The van der Waals surface area contributed by atoms with E-state index >= 15 is 0 Å². The monoisotopic (exact) mass is 700 g/mol. The molecule has 0 bridgehead atoms. The molecule has 0 saturated carbocycles. The lowest BCUT2D eigenvalue weighted by Gasteiger charge is -2.44. The van der Waals surface area contributed by atoms with Crippen molar-refractivity contribution in [2.24, 2.45) is 0 Å². The Labute approximate surface area is 330 Å². The summed E-state index contributed by atoms with van der Waals surface area (Å²) >= 11 is 0. The van der Waals surface area contributed by atoms with Gasteiger partial charge in [0.1, 0.15) is 0 Å². The van der Waals surface area contributed by atoms with E-state index in [0.29, 0.717) is 16.7 Å². The molecule has 0 fully saturated rings. The molecule has 0 nitrogen and oxygen atoms in total. The van der Waals surface area contributed by atoms with Crippen LogP contribution in [0.2, 0.25) is 0 Å². The summed E-state index contributed by atoms with van der Waals surface area (Å²) in [6.07, 6.45) is 1.77. The van der Waals surface area contributed by atoms with Crippen molar-refractivity contribution in [3.8, 4) is 44.5 Å². The highest BCUT2D eigenvalue weighted by Gasteiger charge is 2.40. The zero-order chi connectivity index (χ0) is 43.6. The van der Waals surface area contributed by atoms with Gasteiger partial charge in [0, 0.05) is 0 Å². The van der Waals surface area contributed by atoms with Crippen molar-refractivity contribution in [1.82, 2.24) is 0 Å². The Balaban J connectivity index is 1.46. The predicted molar refractivity (Wildman–Crippen MR) is 233 cm³/mol. The van der Waals surface area contributed by atoms with Crippen LogP contribution in [0.5, 0.6) is 0 Å². The van der Waals surface area contributed by atoms with Gasteiger partial charge in [-0.15, -0.1) is 0 Å². The second-order valence-corrected chi connectivity index (χ2v) is 16.1. The number of fused-ring (bicyclic) bond motifs is 5. The SMILES string of the molecule is [2H]c1c([2H])c([2H])c2c(-c3cccc4c(-c5ccc6ccccc6c5)cccc34)c3c([2H])c([2H])c([2H])c([2H])c3c(-c3c(-c4ccccc4)ccc4c3C(C)(C)CCC4(C)C)c2c1[2H]. The molecule has 0 N–H and O–H groups in total. The molecule has 0 radical (unpaired) electrons. The lowest BCUT2D eigenvalue weighted by atomic mass is 9.60. The van der Waals surface area contributed by atoms with E-state index in [1.807, 2.05) is 72.8 Å². The summed E-state index contributed by atoms with van der Waals surface area (Å²) in [4.78, 5) is 0. The summed E-state index contributed by atoms with van der Waals surface area (Å²) < 4.78 is 76.0. The molecule has 10 rings (SSSR count). The van der Waals surface area contributed by atoms with Crippen molar-refractivity contribution in [3.63, 3.8) is 0 Å². The van der Waals surface area contributed by atoms with Gasteiger partial charge >= 0.3 is 0 Å². The van der Waals surface area contributed by atoms with Gasteiger partial charge in [-0.25, -0.2) is 0 Å². The van der Waals surface area contributed by atoms with Crippen molar-refractivity contribution >= 4 is 43.1 Å². The van der Waals surface area contributed by atoms with Crippen molar-refractivity contribution < 1.29 is 11.0 Å². The second kappa shape index (κ2) is 12.3. The molecule has 54 heavy (non-hydrogen) atoms. The van der Waals surface area contributed by atoms with Gasteiger partial charge in [0.25, 0.3) is 0 Å². The highest BCUT2D eigenvalue weighted by molar-refractivity contribution is 6.25. The Hall–Kier alpha value is -5.98. The predicted octanol–water partition coefficient (Wildman–Crippen LogP) is 15.3. The second-order valence-electron chi connectivity index (χ2n) is 16.1. The molecule has 9 aromatic rings. The third-order valence-corrected chi connectivity index (χ3v) is 11.9. The maximum atomic E-state index is 9.85. The molecular weight excluding hydrogens is 649 g/mol.